The van der Waals surface area contributed by atoms with Crippen LogP contribution in [0.2, 0.25) is 0 Å². The maximum Gasteiger partial charge on any atom is 0.101 e. The van der Waals surface area contributed by atoms with Crippen molar-refractivity contribution < 1.29 is 0 Å². The largest absolute Gasteiger partial charge is 0.192 e. The first kappa shape index (κ1) is 8.46. The van der Waals surface area contributed by atoms with E-state index in [1.807, 2.05) is 17.5 Å². The second-order valence-electron chi connectivity index (χ2n) is 3.46. The first-order valence-electron chi connectivity index (χ1n) is 4.68. The van der Waals surface area contributed by atoms with Gasteiger partial charge in [-0.2, -0.15) is 5.26 Å². The van der Waals surface area contributed by atoms with Crippen LogP contribution in [0.25, 0.3) is 20.9 Å². The predicted molar refractivity (Wildman–Crippen MR) is 64.0 cm³/mol. The number of hydrogen-bond acceptors (Lipinski definition) is 2. The fourth-order valence-electron chi connectivity index (χ4n) is 1.80. The molecule has 0 spiro atoms. The van der Waals surface area contributed by atoms with Crippen molar-refractivity contribution in [2.45, 2.75) is 0 Å². The third-order valence-corrected chi connectivity index (χ3v) is 3.51. The van der Waals surface area contributed by atoms with E-state index >= 15 is 0 Å². The van der Waals surface area contributed by atoms with Crippen LogP contribution in [0.15, 0.2) is 41.8 Å². The van der Waals surface area contributed by atoms with E-state index in [9.17, 15) is 0 Å². The van der Waals surface area contributed by atoms with E-state index < -0.39 is 0 Å². The van der Waals surface area contributed by atoms with Crippen molar-refractivity contribution in [3.63, 3.8) is 0 Å². The zero-order chi connectivity index (χ0) is 10.3. The van der Waals surface area contributed by atoms with Crippen molar-refractivity contribution in [1.82, 2.24) is 0 Å². The third kappa shape index (κ3) is 1.21. The molecule has 1 heterocycles. The molecule has 2 heteroatoms. The Morgan fingerprint density at radius 1 is 1.07 bits per heavy atom. The minimum absolute atomic E-state index is 0.778. The van der Waals surface area contributed by atoms with Crippen molar-refractivity contribution >= 4 is 32.2 Å². The summed E-state index contributed by atoms with van der Waals surface area (Å²) in [5.74, 6) is 0. The summed E-state index contributed by atoms with van der Waals surface area (Å²) in [5, 5.41) is 14.4. The lowest BCUT2D eigenvalue weighted by molar-refractivity contribution is 1.52. The lowest BCUT2D eigenvalue weighted by Gasteiger charge is -1.97. The summed E-state index contributed by atoms with van der Waals surface area (Å²) >= 11 is 1.63. The van der Waals surface area contributed by atoms with Gasteiger partial charge in [-0.1, -0.05) is 24.3 Å². The third-order valence-electron chi connectivity index (χ3n) is 2.56. The second-order valence-corrected chi connectivity index (χ2v) is 4.37. The van der Waals surface area contributed by atoms with Gasteiger partial charge in [-0.25, -0.2) is 0 Å². The molecule has 0 aliphatic carbocycles. The van der Waals surface area contributed by atoms with Crippen molar-refractivity contribution in [1.29, 1.82) is 5.26 Å². The second kappa shape index (κ2) is 3.08. The van der Waals surface area contributed by atoms with E-state index in [-0.39, 0.29) is 0 Å². The maximum atomic E-state index is 8.95. The first-order chi connectivity index (χ1) is 7.38. The highest BCUT2D eigenvalue weighted by Gasteiger charge is 2.04. The molecule has 0 radical (unpaired) electrons. The molecule has 0 unspecified atom stereocenters. The van der Waals surface area contributed by atoms with Gasteiger partial charge in [-0.15, -0.1) is 11.3 Å². The van der Waals surface area contributed by atoms with Gasteiger partial charge in [0, 0.05) is 15.5 Å². The fraction of sp³-hybridized carbons (Fsp3) is 0. The Morgan fingerprint density at radius 3 is 2.53 bits per heavy atom. The van der Waals surface area contributed by atoms with E-state index in [4.69, 9.17) is 5.26 Å². The average molecular weight is 209 g/mol. The topological polar surface area (TPSA) is 23.8 Å². The zero-order valence-corrected chi connectivity index (χ0v) is 8.71. The molecule has 70 valence electrons. The standard InChI is InChI=1S/C13H7NS/c14-7-11-8-15-13-6-10-4-2-1-3-9(10)5-12(11)13/h1-6,8H. The lowest BCUT2D eigenvalue weighted by Crippen LogP contribution is -1.73. The summed E-state index contributed by atoms with van der Waals surface area (Å²) in [5.41, 5.74) is 0.778. The molecule has 2 aromatic carbocycles. The van der Waals surface area contributed by atoms with Crippen LogP contribution in [-0.4, -0.2) is 0 Å². The Balaban J connectivity index is 2.51. The van der Waals surface area contributed by atoms with Crippen LogP contribution in [0.4, 0.5) is 0 Å². The molecular weight excluding hydrogens is 202 g/mol. The fourth-order valence-corrected chi connectivity index (χ4v) is 2.72. The number of nitrogens with zero attached hydrogens (tertiary/aromatic N) is 1. The minimum Gasteiger partial charge on any atom is -0.192 e. The molecule has 0 aliphatic heterocycles. The molecule has 0 bridgehead atoms. The molecule has 0 atom stereocenters. The van der Waals surface area contributed by atoms with Crippen LogP contribution in [0.1, 0.15) is 5.56 Å². The number of benzene rings is 2. The molecule has 0 amide bonds. The number of thiophene rings is 1. The van der Waals surface area contributed by atoms with Gasteiger partial charge in [0.2, 0.25) is 0 Å². The molecule has 15 heavy (non-hydrogen) atoms. The Kier molecular flexibility index (Phi) is 1.74. The molecule has 0 saturated carbocycles. The van der Waals surface area contributed by atoms with Crippen LogP contribution >= 0.6 is 11.3 Å². The number of hydrogen-bond donors (Lipinski definition) is 0. The van der Waals surface area contributed by atoms with Gasteiger partial charge in [0.15, 0.2) is 0 Å². The number of fused-ring (bicyclic) bond motifs is 2. The van der Waals surface area contributed by atoms with E-state index in [1.165, 1.54) is 15.5 Å². The van der Waals surface area contributed by atoms with E-state index in [0.717, 1.165) is 10.9 Å². The molecule has 1 aromatic heterocycles. The van der Waals surface area contributed by atoms with E-state index in [0.29, 0.717) is 0 Å². The molecule has 0 saturated heterocycles. The van der Waals surface area contributed by atoms with Crippen molar-refractivity contribution in [2.24, 2.45) is 0 Å². The Morgan fingerprint density at radius 2 is 1.80 bits per heavy atom. The first-order valence-corrected chi connectivity index (χ1v) is 5.56. The summed E-state index contributed by atoms with van der Waals surface area (Å²) in [6.07, 6.45) is 0. The van der Waals surface area contributed by atoms with Crippen LogP contribution in [0.3, 0.4) is 0 Å². The smallest absolute Gasteiger partial charge is 0.101 e. The summed E-state index contributed by atoms with van der Waals surface area (Å²) in [7, 11) is 0. The molecule has 0 aliphatic rings. The monoisotopic (exact) mass is 209 g/mol. The normalized spacial score (nSPS) is 10.6. The van der Waals surface area contributed by atoms with Crippen molar-refractivity contribution in [3.8, 4) is 6.07 Å². The van der Waals surface area contributed by atoms with E-state index in [1.54, 1.807) is 11.3 Å². The molecular formula is C13H7NS. The van der Waals surface area contributed by atoms with Crippen LogP contribution < -0.4 is 0 Å². The Hall–Kier alpha value is -1.85. The molecule has 3 rings (SSSR count). The molecule has 3 aromatic rings. The Labute approximate surface area is 91.2 Å². The minimum atomic E-state index is 0.778. The summed E-state index contributed by atoms with van der Waals surface area (Å²) in [6.45, 7) is 0. The molecule has 1 nitrogen and oxygen atoms in total. The van der Waals surface area contributed by atoms with Crippen LogP contribution in [0.5, 0.6) is 0 Å². The van der Waals surface area contributed by atoms with Gasteiger partial charge < -0.3 is 0 Å². The van der Waals surface area contributed by atoms with Gasteiger partial charge >= 0.3 is 0 Å². The van der Waals surface area contributed by atoms with Crippen molar-refractivity contribution in [3.05, 3.63) is 47.3 Å². The zero-order valence-electron chi connectivity index (χ0n) is 7.90. The maximum absolute atomic E-state index is 8.95. The van der Waals surface area contributed by atoms with Gasteiger partial charge in [0.1, 0.15) is 6.07 Å². The number of rotatable bonds is 0. The molecule has 0 N–H and O–H groups in total. The average Bonchev–Trinajstić information content (AvgIpc) is 2.68. The van der Waals surface area contributed by atoms with E-state index in [2.05, 4.69) is 30.3 Å². The predicted octanol–water partition coefficient (Wildman–Crippen LogP) is 3.93. The SMILES string of the molecule is N#Cc1csc2cc3ccccc3cc12. The van der Waals surface area contributed by atoms with Gasteiger partial charge in [-0.3, -0.25) is 0 Å². The Bertz CT molecular complexity index is 688. The van der Waals surface area contributed by atoms with Crippen molar-refractivity contribution in [2.75, 3.05) is 0 Å². The van der Waals surface area contributed by atoms with Crippen LogP contribution in [-0.2, 0) is 0 Å². The van der Waals surface area contributed by atoms with Gasteiger partial charge in [0.25, 0.3) is 0 Å². The summed E-state index contributed by atoms with van der Waals surface area (Å²) in [6, 6.07) is 14.7. The number of nitriles is 1. The highest BCUT2D eigenvalue weighted by molar-refractivity contribution is 7.17. The van der Waals surface area contributed by atoms with Gasteiger partial charge in [-0.05, 0) is 22.9 Å². The van der Waals surface area contributed by atoms with Gasteiger partial charge in [0.05, 0.1) is 5.56 Å². The highest BCUT2D eigenvalue weighted by Crippen LogP contribution is 2.29. The molecule has 0 fully saturated rings. The summed E-state index contributed by atoms with van der Waals surface area (Å²) < 4.78 is 1.19. The quantitative estimate of drug-likeness (QED) is 0.550. The summed E-state index contributed by atoms with van der Waals surface area (Å²) in [4.78, 5) is 0. The highest BCUT2D eigenvalue weighted by atomic mass is 32.1. The lowest BCUT2D eigenvalue weighted by atomic mass is 10.1. The van der Waals surface area contributed by atoms with Crippen LogP contribution in [0, 0.1) is 11.3 Å².